The minimum absolute atomic E-state index is 0.0802. The number of rotatable bonds is 6. The molecule has 24 heavy (non-hydrogen) atoms. The van der Waals surface area contributed by atoms with Crippen LogP contribution >= 0.6 is 11.3 Å². The molecule has 0 saturated carbocycles. The largest absolute Gasteiger partial charge is 0.502 e. The quantitative estimate of drug-likeness (QED) is 0.468. The number of hydrogen-bond donors (Lipinski definition) is 2. The van der Waals surface area contributed by atoms with E-state index in [-0.39, 0.29) is 17.2 Å². The number of aromatic nitrogens is 1. The minimum Gasteiger partial charge on any atom is -0.502 e. The smallest absolute Gasteiger partial charge is 0.350 e. The standard InChI is InChI=1S/C15H17N3O5S/c1-8-13(14(20)23-4)24-15(17-8)18-16-7-9-5-10(21-2)12(19)11(6-9)22-3/h5-7,19H,1-4H3,(H,17,18)/b16-7-. The van der Waals surface area contributed by atoms with Gasteiger partial charge in [-0.1, -0.05) is 11.3 Å². The van der Waals surface area contributed by atoms with E-state index < -0.39 is 5.97 Å². The number of carbonyl (C=O) groups is 1. The summed E-state index contributed by atoms with van der Waals surface area (Å²) in [6, 6.07) is 3.21. The molecule has 0 aliphatic rings. The Hall–Kier alpha value is -2.81. The van der Waals surface area contributed by atoms with Crippen molar-refractivity contribution in [2.24, 2.45) is 5.10 Å². The molecule has 8 nitrogen and oxygen atoms in total. The summed E-state index contributed by atoms with van der Waals surface area (Å²) >= 11 is 1.15. The van der Waals surface area contributed by atoms with E-state index >= 15 is 0 Å². The Bertz CT molecular complexity index is 747. The van der Waals surface area contributed by atoms with Crippen LogP contribution in [0.3, 0.4) is 0 Å². The summed E-state index contributed by atoms with van der Waals surface area (Å²) in [7, 11) is 4.21. The predicted molar refractivity (Wildman–Crippen MR) is 90.6 cm³/mol. The van der Waals surface area contributed by atoms with Gasteiger partial charge in [-0.3, -0.25) is 5.43 Å². The Morgan fingerprint density at radius 1 is 1.29 bits per heavy atom. The van der Waals surface area contributed by atoms with E-state index in [4.69, 9.17) is 9.47 Å². The summed E-state index contributed by atoms with van der Waals surface area (Å²) in [5, 5.41) is 14.4. The van der Waals surface area contributed by atoms with Crippen LogP contribution in [0.4, 0.5) is 5.13 Å². The molecule has 0 atom stereocenters. The summed E-state index contributed by atoms with van der Waals surface area (Å²) in [5.41, 5.74) is 3.96. The van der Waals surface area contributed by atoms with Crippen molar-refractivity contribution in [2.45, 2.75) is 6.92 Å². The van der Waals surface area contributed by atoms with Gasteiger partial charge in [-0.15, -0.1) is 0 Å². The molecule has 2 aromatic rings. The molecule has 9 heteroatoms. The lowest BCUT2D eigenvalue weighted by Crippen LogP contribution is -1.99. The number of hydrogen-bond acceptors (Lipinski definition) is 9. The first-order valence-corrected chi connectivity index (χ1v) is 7.61. The van der Waals surface area contributed by atoms with E-state index in [1.54, 1.807) is 19.1 Å². The van der Waals surface area contributed by atoms with Gasteiger partial charge in [-0.25, -0.2) is 9.78 Å². The van der Waals surface area contributed by atoms with Crippen LogP contribution < -0.4 is 14.9 Å². The highest BCUT2D eigenvalue weighted by Gasteiger charge is 2.15. The number of aryl methyl sites for hydroxylation is 1. The van der Waals surface area contributed by atoms with Gasteiger partial charge < -0.3 is 19.3 Å². The lowest BCUT2D eigenvalue weighted by molar-refractivity contribution is 0.0605. The number of nitrogens with one attached hydrogen (secondary N) is 1. The van der Waals surface area contributed by atoms with Gasteiger partial charge in [0, 0.05) is 5.56 Å². The zero-order valence-electron chi connectivity index (χ0n) is 13.6. The summed E-state index contributed by atoms with van der Waals surface area (Å²) < 4.78 is 14.8. The molecule has 2 rings (SSSR count). The fourth-order valence-corrected chi connectivity index (χ4v) is 2.71. The Balaban J connectivity index is 2.16. The van der Waals surface area contributed by atoms with Gasteiger partial charge in [-0.05, 0) is 19.1 Å². The maximum Gasteiger partial charge on any atom is 0.350 e. The number of thiazole rings is 1. The van der Waals surface area contributed by atoms with Gasteiger partial charge in [-0.2, -0.15) is 5.10 Å². The van der Waals surface area contributed by atoms with Crippen LogP contribution in [-0.4, -0.2) is 43.6 Å². The van der Waals surface area contributed by atoms with Crippen molar-refractivity contribution in [1.82, 2.24) is 4.98 Å². The second kappa shape index (κ2) is 7.64. The van der Waals surface area contributed by atoms with Crippen molar-refractivity contribution in [1.29, 1.82) is 0 Å². The number of phenols is 1. The number of methoxy groups -OCH3 is 3. The van der Waals surface area contributed by atoms with Gasteiger partial charge in [0.1, 0.15) is 4.88 Å². The normalized spacial score (nSPS) is 10.7. The summed E-state index contributed by atoms with van der Waals surface area (Å²) in [6.07, 6.45) is 1.51. The Morgan fingerprint density at radius 3 is 2.46 bits per heavy atom. The minimum atomic E-state index is -0.435. The van der Waals surface area contributed by atoms with Crippen molar-refractivity contribution >= 4 is 28.7 Å². The van der Waals surface area contributed by atoms with Crippen molar-refractivity contribution in [2.75, 3.05) is 26.8 Å². The average Bonchev–Trinajstić information content (AvgIpc) is 2.96. The first-order valence-electron chi connectivity index (χ1n) is 6.80. The predicted octanol–water partition coefficient (Wildman–Crippen LogP) is 2.41. The summed E-state index contributed by atoms with van der Waals surface area (Å²) in [4.78, 5) is 16.2. The molecule has 1 aromatic carbocycles. The van der Waals surface area contributed by atoms with Crippen LogP contribution in [0.2, 0.25) is 0 Å². The molecule has 0 bridgehead atoms. The molecule has 0 amide bonds. The van der Waals surface area contributed by atoms with Crippen molar-refractivity contribution in [3.8, 4) is 17.2 Å². The van der Waals surface area contributed by atoms with E-state index in [0.717, 1.165) is 11.3 Å². The van der Waals surface area contributed by atoms with E-state index in [9.17, 15) is 9.90 Å². The fraction of sp³-hybridized carbons (Fsp3) is 0.267. The van der Waals surface area contributed by atoms with Crippen LogP contribution in [-0.2, 0) is 4.74 Å². The number of ether oxygens (including phenoxy) is 3. The third kappa shape index (κ3) is 3.74. The molecule has 0 fully saturated rings. The fourth-order valence-electron chi connectivity index (χ4n) is 1.88. The number of hydrazone groups is 1. The molecule has 0 unspecified atom stereocenters. The van der Waals surface area contributed by atoms with Gasteiger partial charge >= 0.3 is 5.97 Å². The zero-order valence-corrected chi connectivity index (χ0v) is 14.4. The molecule has 2 N–H and O–H groups in total. The number of nitrogens with zero attached hydrogens (tertiary/aromatic N) is 2. The van der Waals surface area contributed by atoms with Gasteiger partial charge in [0.2, 0.25) is 10.9 Å². The second-order valence-corrected chi connectivity index (χ2v) is 5.57. The van der Waals surface area contributed by atoms with Crippen LogP contribution in [0.5, 0.6) is 17.2 Å². The number of phenolic OH excluding ortho intramolecular Hbond substituents is 1. The van der Waals surface area contributed by atoms with Crippen LogP contribution in [0.15, 0.2) is 17.2 Å². The lowest BCUT2D eigenvalue weighted by Gasteiger charge is -2.09. The molecule has 1 heterocycles. The van der Waals surface area contributed by atoms with E-state index in [1.165, 1.54) is 27.5 Å². The highest BCUT2D eigenvalue weighted by atomic mass is 32.1. The number of benzene rings is 1. The van der Waals surface area contributed by atoms with Crippen molar-refractivity contribution in [3.63, 3.8) is 0 Å². The third-order valence-corrected chi connectivity index (χ3v) is 4.09. The number of aromatic hydroxyl groups is 1. The number of esters is 1. The molecular formula is C15H17N3O5S. The molecule has 128 valence electrons. The Morgan fingerprint density at radius 2 is 1.92 bits per heavy atom. The molecule has 0 aliphatic heterocycles. The molecule has 0 radical (unpaired) electrons. The highest BCUT2D eigenvalue weighted by molar-refractivity contribution is 7.17. The third-order valence-electron chi connectivity index (χ3n) is 3.04. The zero-order chi connectivity index (χ0) is 17.7. The van der Waals surface area contributed by atoms with Crippen molar-refractivity contribution < 1.29 is 24.1 Å². The Kier molecular flexibility index (Phi) is 5.59. The van der Waals surface area contributed by atoms with Crippen LogP contribution in [0.25, 0.3) is 0 Å². The monoisotopic (exact) mass is 351 g/mol. The lowest BCUT2D eigenvalue weighted by atomic mass is 10.2. The first kappa shape index (κ1) is 17.5. The number of anilines is 1. The topological polar surface area (TPSA) is 102 Å². The van der Waals surface area contributed by atoms with Crippen molar-refractivity contribution in [3.05, 3.63) is 28.3 Å². The van der Waals surface area contributed by atoms with Gasteiger partial charge in [0.15, 0.2) is 11.5 Å². The van der Waals surface area contributed by atoms with Crippen LogP contribution in [0.1, 0.15) is 20.9 Å². The molecule has 0 aliphatic carbocycles. The van der Waals surface area contributed by atoms with E-state index in [0.29, 0.717) is 21.3 Å². The molecular weight excluding hydrogens is 334 g/mol. The maximum absolute atomic E-state index is 11.5. The molecule has 0 spiro atoms. The second-order valence-electron chi connectivity index (χ2n) is 4.57. The highest BCUT2D eigenvalue weighted by Crippen LogP contribution is 2.36. The molecule has 1 aromatic heterocycles. The van der Waals surface area contributed by atoms with E-state index in [2.05, 4.69) is 20.2 Å². The van der Waals surface area contributed by atoms with Crippen LogP contribution in [0, 0.1) is 6.92 Å². The maximum atomic E-state index is 11.5. The number of carbonyl (C=O) groups excluding carboxylic acids is 1. The van der Waals surface area contributed by atoms with Gasteiger partial charge in [0.25, 0.3) is 0 Å². The SMILES string of the molecule is COC(=O)c1sc(N/N=C\c2cc(OC)c(O)c(OC)c2)nc1C. The van der Waals surface area contributed by atoms with E-state index in [1.807, 2.05) is 0 Å². The average molecular weight is 351 g/mol. The first-order chi connectivity index (χ1) is 11.5. The van der Waals surface area contributed by atoms with Gasteiger partial charge in [0.05, 0.1) is 33.2 Å². The Labute approximate surface area is 142 Å². The summed E-state index contributed by atoms with van der Waals surface area (Å²) in [5.74, 6) is 0.0288. The molecule has 0 saturated heterocycles. The summed E-state index contributed by atoms with van der Waals surface area (Å²) in [6.45, 7) is 1.72.